The van der Waals surface area contributed by atoms with Crippen LogP contribution in [0.15, 0.2) is 39.9 Å². The number of ether oxygens (including phenoxy) is 2. The number of hydrogen-bond acceptors (Lipinski definition) is 8. The van der Waals surface area contributed by atoms with E-state index in [0.717, 1.165) is 12.1 Å². The van der Waals surface area contributed by atoms with E-state index in [0.29, 0.717) is 21.5 Å². The van der Waals surface area contributed by atoms with Gasteiger partial charge in [-0.25, -0.2) is 0 Å². The van der Waals surface area contributed by atoms with Crippen molar-refractivity contribution in [3.63, 3.8) is 0 Å². The van der Waals surface area contributed by atoms with Crippen molar-refractivity contribution in [2.45, 2.75) is 0 Å². The van der Waals surface area contributed by atoms with Gasteiger partial charge in [-0.1, -0.05) is 21.9 Å². The molecule has 0 unspecified atom stereocenters. The number of non-ortho nitro benzene ring substituents is 1. The molecule has 28 heavy (non-hydrogen) atoms. The molecule has 0 saturated carbocycles. The average Bonchev–Trinajstić information content (AvgIpc) is 2.66. The van der Waals surface area contributed by atoms with Crippen molar-refractivity contribution in [2.75, 3.05) is 19.1 Å². The normalized spacial score (nSPS) is 10.3. The summed E-state index contributed by atoms with van der Waals surface area (Å²) in [4.78, 5) is 20.5. The predicted octanol–water partition coefficient (Wildman–Crippen LogP) is 3.73. The standard InChI is InChI=1S/C17H13BrN4O6/c1-3-6-28-17-11(7-12(18)8-16(17)27-2)10-19-20-14-5-4-13(21(23)24)9-15(14)22(25)26/h1,4-5,7-10,20H,6H2,2H3/b19-10-. The van der Waals surface area contributed by atoms with Crippen molar-refractivity contribution in [1.82, 2.24) is 0 Å². The molecule has 0 bridgehead atoms. The number of hydrazone groups is 1. The Labute approximate surface area is 167 Å². The molecule has 0 amide bonds. The maximum Gasteiger partial charge on any atom is 0.301 e. The van der Waals surface area contributed by atoms with E-state index in [1.54, 1.807) is 12.1 Å². The highest BCUT2D eigenvalue weighted by molar-refractivity contribution is 9.10. The zero-order valence-electron chi connectivity index (χ0n) is 14.4. The van der Waals surface area contributed by atoms with Gasteiger partial charge in [-0.05, 0) is 18.2 Å². The molecule has 10 nitrogen and oxygen atoms in total. The van der Waals surface area contributed by atoms with Gasteiger partial charge in [-0.3, -0.25) is 25.7 Å². The number of anilines is 1. The largest absolute Gasteiger partial charge is 0.493 e. The first kappa shape index (κ1) is 20.7. The van der Waals surface area contributed by atoms with Crippen LogP contribution in [0.3, 0.4) is 0 Å². The fourth-order valence-electron chi connectivity index (χ4n) is 2.16. The van der Waals surface area contributed by atoms with Gasteiger partial charge >= 0.3 is 5.69 Å². The number of benzene rings is 2. The van der Waals surface area contributed by atoms with E-state index in [9.17, 15) is 20.2 Å². The van der Waals surface area contributed by atoms with Crippen molar-refractivity contribution in [3.05, 3.63) is 60.6 Å². The Hall–Kier alpha value is -3.65. The average molecular weight is 449 g/mol. The summed E-state index contributed by atoms with van der Waals surface area (Å²) in [5.41, 5.74) is 2.09. The highest BCUT2D eigenvalue weighted by Gasteiger charge is 2.19. The van der Waals surface area contributed by atoms with Crippen LogP contribution in [-0.4, -0.2) is 29.8 Å². The van der Waals surface area contributed by atoms with Gasteiger partial charge in [0, 0.05) is 16.1 Å². The maximum absolute atomic E-state index is 11.2. The van der Waals surface area contributed by atoms with Crippen LogP contribution in [0.4, 0.5) is 17.1 Å². The Kier molecular flexibility index (Phi) is 6.89. The molecule has 0 spiro atoms. The fraction of sp³-hybridized carbons (Fsp3) is 0.118. The zero-order chi connectivity index (χ0) is 20.7. The zero-order valence-corrected chi connectivity index (χ0v) is 16.0. The summed E-state index contributed by atoms with van der Waals surface area (Å²) in [6.07, 6.45) is 6.57. The molecule has 2 rings (SSSR count). The van der Waals surface area contributed by atoms with E-state index in [2.05, 4.69) is 32.4 Å². The third kappa shape index (κ3) is 4.95. The van der Waals surface area contributed by atoms with E-state index in [1.807, 2.05) is 0 Å². The molecular formula is C17H13BrN4O6. The van der Waals surface area contributed by atoms with Gasteiger partial charge in [0.1, 0.15) is 12.3 Å². The number of nitrogens with one attached hydrogen (secondary N) is 1. The molecule has 11 heteroatoms. The lowest BCUT2D eigenvalue weighted by Crippen LogP contribution is -2.02. The molecule has 0 atom stereocenters. The van der Waals surface area contributed by atoms with Crippen molar-refractivity contribution in [1.29, 1.82) is 0 Å². The van der Waals surface area contributed by atoms with Crippen LogP contribution in [0.1, 0.15) is 5.56 Å². The third-order valence-electron chi connectivity index (χ3n) is 3.35. The van der Waals surface area contributed by atoms with Crippen LogP contribution >= 0.6 is 15.9 Å². The van der Waals surface area contributed by atoms with E-state index in [4.69, 9.17) is 15.9 Å². The van der Waals surface area contributed by atoms with Crippen LogP contribution < -0.4 is 14.9 Å². The Morgan fingerprint density at radius 2 is 2.04 bits per heavy atom. The highest BCUT2D eigenvalue weighted by atomic mass is 79.9. The van der Waals surface area contributed by atoms with Gasteiger partial charge in [0.2, 0.25) is 0 Å². The lowest BCUT2D eigenvalue weighted by Gasteiger charge is -2.12. The van der Waals surface area contributed by atoms with Crippen molar-refractivity contribution < 1.29 is 19.3 Å². The van der Waals surface area contributed by atoms with Gasteiger partial charge < -0.3 is 9.47 Å². The number of nitro benzene ring substituents is 2. The van der Waals surface area contributed by atoms with E-state index in [1.165, 1.54) is 19.4 Å². The van der Waals surface area contributed by atoms with E-state index in [-0.39, 0.29) is 12.3 Å². The minimum atomic E-state index is -0.742. The molecule has 1 N–H and O–H groups in total. The second-order valence-corrected chi connectivity index (χ2v) is 6.02. The Morgan fingerprint density at radius 3 is 2.64 bits per heavy atom. The summed E-state index contributed by atoms with van der Waals surface area (Å²) >= 11 is 3.33. The summed E-state index contributed by atoms with van der Waals surface area (Å²) in [7, 11) is 1.46. The SMILES string of the molecule is C#CCOc1c(/C=N\Nc2ccc([N+](=O)[O-])cc2[N+](=O)[O-])cc(Br)cc1OC. The van der Waals surface area contributed by atoms with Gasteiger partial charge in [-0.2, -0.15) is 5.10 Å². The summed E-state index contributed by atoms with van der Waals surface area (Å²) < 4.78 is 11.4. The number of methoxy groups -OCH3 is 1. The molecule has 2 aromatic carbocycles. The lowest BCUT2D eigenvalue weighted by molar-refractivity contribution is -0.393. The maximum atomic E-state index is 11.2. The third-order valence-corrected chi connectivity index (χ3v) is 3.80. The first-order chi connectivity index (χ1) is 13.4. The number of halogens is 1. The smallest absolute Gasteiger partial charge is 0.301 e. The number of rotatable bonds is 8. The van der Waals surface area contributed by atoms with Crippen LogP contribution in [0.5, 0.6) is 11.5 Å². The highest BCUT2D eigenvalue weighted by Crippen LogP contribution is 2.34. The van der Waals surface area contributed by atoms with Crippen molar-refractivity contribution >= 4 is 39.2 Å². The summed E-state index contributed by atoms with van der Waals surface area (Å²) in [5.74, 6) is 3.10. The molecule has 0 aliphatic heterocycles. The fourth-order valence-corrected chi connectivity index (χ4v) is 2.61. The monoisotopic (exact) mass is 448 g/mol. The number of terminal acetylenes is 1. The second kappa shape index (κ2) is 9.33. The van der Waals surface area contributed by atoms with E-state index < -0.39 is 21.2 Å². The Balaban J connectivity index is 2.35. The van der Waals surface area contributed by atoms with Gasteiger partial charge in [0.05, 0.1) is 29.2 Å². The first-order valence-corrected chi connectivity index (χ1v) is 8.32. The topological polar surface area (TPSA) is 129 Å². The van der Waals surface area contributed by atoms with Gasteiger partial charge in [-0.15, -0.1) is 6.42 Å². The van der Waals surface area contributed by atoms with Crippen LogP contribution in [0, 0.1) is 32.6 Å². The molecule has 0 aliphatic carbocycles. The van der Waals surface area contributed by atoms with E-state index >= 15 is 0 Å². The Morgan fingerprint density at radius 1 is 1.29 bits per heavy atom. The van der Waals surface area contributed by atoms with Crippen LogP contribution in [0.25, 0.3) is 0 Å². The van der Waals surface area contributed by atoms with Crippen LogP contribution in [0.2, 0.25) is 0 Å². The summed E-state index contributed by atoms with van der Waals surface area (Å²) in [6, 6.07) is 6.54. The minimum absolute atomic E-state index is 0.0000847. The van der Waals surface area contributed by atoms with Gasteiger partial charge in [0.15, 0.2) is 11.5 Å². The molecule has 0 heterocycles. The molecule has 0 saturated heterocycles. The number of nitrogens with zero attached hydrogens (tertiary/aromatic N) is 3. The second-order valence-electron chi connectivity index (χ2n) is 5.10. The molecule has 2 aromatic rings. The minimum Gasteiger partial charge on any atom is -0.493 e. The molecule has 144 valence electrons. The van der Waals surface area contributed by atoms with Crippen molar-refractivity contribution in [3.8, 4) is 23.8 Å². The van der Waals surface area contributed by atoms with Gasteiger partial charge in [0.25, 0.3) is 5.69 Å². The first-order valence-electron chi connectivity index (χ1n) is 7.53. The summed E-state index contributed by atoms with van der Waals surface area (Å²) in [5, 5.41) is 25.9. The van der Waals surface area contributed by atoms with Crippen LogP contribution in [-0.2, 0) is 0 Å². The quantitative estimate of drug-likeness (QED) is 0.281. The predicted molar refractivity (Wildman–Crippen MR) is 106 cm³/mol. The number of nitro groups is 2. The molecular weight excluding hydrogens is 436 g/mol. The molecule has 0 fully saturated rings. The van der Waals surface area contributed by atoms with Crippen molar-refractivity contribution in [2.24, 2.45) is 5.10 Å². The molecule has 0 aliphatic rings. The molecule has 0 radical (unpaired) electrons. The summed E-state index contributed by atoms with van der Waals surface area (Å²) in [6.45, 7) is 0.0000847. The Bertz CT molecular complexity index is 986. The molecule has 0 aromatic heterocycles. The lowest BCUT2D eigenvalue weighted by atomic mass is 10.2. The number of hydrogen-bond donors (Lipinski definition) is 1.